The molecule has 2 amide bonds. The Morgan fingerprint density at radius 3 is 2.76 bits per heavy atom. The van der Waals surface area contributed by atoms with Crippen LogP contribution in [0.25, 0.3) is 0 Å². The number of carbonyl (C=O) groups is 2. The molecular formula is C21H27FN4O3. The number of likely N-dealkylation sites (tertiary alicyclic amines) is 1. The second-order valence-electron chi connectivity index (χ2n) is 7.68. The summed E-state index contributed by atoms with van der Waals surface area (Å²) in [7, 11) is 0. The van der Waals surface area contributed by atoms with Gasteiger partial charge in [0.2, 0.25) is 11.8 Å². The number of piperidine rings is 1. The van der Waals surface area contributed by atoms with Gasteiger partial charge in [-0.1, -0.05) is 0 Å². The molecule has 0 radical (unpaired) electrons. The predicted octanol–water partition coefficient (Wildman–Crippen LogP) is 2.37. The fourth-order valence-electron chi connectivity index (χ4n) is 3.85. The Hall–Kier alpha value is -2.90. The third-order valence-electron chi connectivity index (χ3n) is 5.26. The highest BCUT2D eigenvalue weighted by atomic mass is 19.1. The van der Waals surface area contributed by atoms with E-state index in [4.69, 9.17) is 10.5 Å². The largest absolute Gasteiger partial charge is 0.493 e. The monoisotopic (exact) mass is 402 g/mol. The molecule has 1 aliphatic rings. The summed E-state index contributed by atoms with van der Waals surface area (Å²) in [6, 6.07) is 7.60. The van der Waals surface area contributed by atoms with E-state index < -0.39 is 11.3 Å². The molecule has 0 saturated carbocycles. The van der Waals surface area contributed by atoms with Crippen molar-refractivity contribution < 1.29 is 18.7 Å². The second-order valence-corrected chi connectivity index (χ2v) is 7.68. The van der Waals surface area contributed by atoms with Gasteiger partial charge < -0.3 is 15.4 Å². The van der Waals surface area contributed by atoms with Gasteiger partial charge >= 0.3 is 0 Å². The van der Waals surface area contributed by atoms with Crippen LogP contribution in [0.1, 0.15) is 32.1 Å². The van der Waals surface area contributed by atoms with E-state index in [2.05, 4.69) is 5.10 Å². The van der Waals surface area contributed by atoms with Gasteiger partial charge in [0.15, 0.2) is 0 Å². The number of rotatable bonds is 9. The predicted molar refractivity (Wildman–Crippen MR) is 105 cm³/mol. The molecule has 0 bridgehead atoms. The molecule has 0 spiro atoms. The first-order valence-electron chi connectivity index (χ1n) is 9.88. The zero-order valence-electron chi connectivity index (χ0n) is 16.4. The van der Waals surface area contributed by atoms with Crippen LogP contribution in [0.5, 0.6) is 5.75 Å². The summed E-state index contributed by atoms with van der Waals surface area (Å²) in [6.07, 6.45) is 6.38. The van der Waals surface area contributed by atoms with Gasteiger partial charge in [0.25, 0.3) is 0 Å². The van der Waals surface area contributed by atoms with Crippen molar-refractivity contribution in [2.75, 3.05) is 19.7 Å². The van der Waals surface area contributed by atoms with Crippen molar-refractivity contribution in [3.05, 3.63) is 48.5 Å². The third-order valence-corrected chi connectivity index (χ3v) is 5.26. The quantitative estimate of drug-likeness (QED) is 0.697. The summed E-state index contributed by atoms with van der Waals surface area (Å²) in [5, 5.41) is 4.14. The first-order chi connectivity index (χ1) is 14.0. The van der Waals surface area contributed by atoms with Crippen LogP contribution in [-0.4, -0.2) is 46.2 Å². The number of hydrogen-bond donors (Lipinski definition) is 1. The Kier molecular flexibility index (Phi) is 6.85. The molecular weight excluding hydrogens is 375 g/mol. The van der Waals surface area contributed by atoms with Crippen molar-refractivity contribution in [2.45, 2.75) is 38.6 Å². The second kappa shape index (κ2) is 9.54. The molecule has 0 aliphatic carbocycles. The lowest BCUT2D eigenvalue weighted by Crippen LogP contribution is -2.50. The number of hydrogen-bond acceptors (Lipinski definition) is 4. The first-order valence-corrected chi connectivity index (χ1v) is 9.88. The van der Waals surface area contributed by atoms with Crippen LogP contribution in [0.2, 0.25) is 0 Å². The highest BCUT2D eigenvalue weighted by Crippen LogP contribution is 2.34. The number of aromatic nitrogens is 2. The van der Waals surface area contributed by atoms with Gasteiger partial charge in [-0.2, -0.15) is 5.10 Å². The summed E-state index contributed by atoms with van der Waals surface area (Å²) >= 11 is 0. The molecule has 29 heavy (non-hydrogen) atoms. The van der Waals surface area contributed by atoms with Crippen molar-refractivity contribution in [1.82, 2.24) is 14.7 Å². The Balaban J connectivity index is 1.59. The van der Waals surface area contributed by atoms with E-state index >= 15 is 0 Å². The minimum Gasteiger partial charge on any atom is -0.493 e. The van der Waals surface area contributed by atoms with Gasteiger partial charge in [-0.15, -0.1) is 0 Å². The molecule has 2 aromatic rings. The number of halogens is 1. The van der Waals surface area contributed by atoms with Crippen molar-refractivity contribution in [1.29, 1.82) is 0 Å². The first kappa shape index (κ1) is 20.8. The fraction of sp³-hybridized carbons (Fsp3) is 0.476. The zero-order valence-corrected chi connectivity index (χ0v) is 16.4. The lowest BCUT2D eigenvalue weighted by atomic mass is 9.77. The van der Waals surface area contributed by atoms with Gasteiger partial charge in [0, 0.05) is 50.3 Å². The Morgan fingerprint density at radius 2 is 2.07 bits per heavy atom. The SMILES string of the molecule is NC(=O)C[C@@]1(COc2ccc(F)cc2)CCCN(C(=O)CCCn2cccn2)C1. The van der Waals surface area contributed by atoms with Crippen LogP contribution in [0.15, 0.2) is 42.7 Å². The minimum absolute atomic E-state index is 0.0625. The van der Waals surface area contributed by atoms with E-state index in [-0.39, 0.29) is 24.8 Å². The van der Waals surface area contributed by atoms with Crippen molar-refractivity contribution in [3.63, 3.8) is 0 Å². The van der Waals surface area contributed by atoms with Crippen LogP contribution in [0, 0.1) is 11.2 Å². The zero-order chi connectivity index (χ0) is 20.7. The number of amides is 2. The maximum atomic E-state index is 13.1. The van der Waals surface area contributed by atoms with E-state index in [1.807, 2.05) is 17.2 Å². The molecule has 1 aromatic carbocycles. The normalized spacial score (nSPS) is 19.1. The highest BCUT2D eigenvalue weighted by molar-refractivity contribution is 5.77. The lowest BCUT2D eigenvalue weighted by Gasteiger charge is -2.42. The van der Waals surface area contributed by atoms with Crippen LogP contribution in [-0.2, 0) is 16.1 Å². The summed E-state index contributed by atoms with van der Waals surface area (Å²) in [4.78, 5) is 26.2. The maximum absolute atomic E-state index is 13.1. The number of ether oxygens (including phenoxy) is 1. The summed E-state index contributed by atoms with van der Waals surface area (Å²) in [5.74, 6) is -0.167. The summed E-state index contributed by atoms with van der Waals surface area (Å²) in [5.41, 5.74) is 4.96. The van der Waals surface area contributed by atoms with Crippen molar-refractivity contribution in [3.8, 4) is 5.75 Å². The van der Waals surface area contributed by atoms with Gasteiger partial charge in [0.1, 0.15) is 11.6 Å². The molecule has 1 fully saturated rings. The maximum Gasteiger partial charge on any atom is 0.222 e. The topological polar surface area (TPSA) is 90.5 Å². The molecule has 1 aliphatic heterocycles. The standard InChI is InChI=1S/C21H27FN4O3/c22-17-5-7-18(8-6-17)29-16-21(14-19(23)27)9-2-11-25(15-21)20(28)4-1-12-26-13-3-10-24-26/h3,5-8,10,13H,1-2,4,9,11-12,14-16H2,(H2,23,27)/t21-/m0/s1. The molecule has 8 heteroatoms. The minimum atomic E-state index is -0.532. The third kappa shape index (κ3) is 6.04. The highest BCUT2D eigenvalue weighted by Gasteiger charge is 2.39. The van der Waals surface area contributed by atoms with E-state index in [9.17, 15) is 14.0 Å². The molecule has 1 atom stereocenters. The van der Waals surface area contributed by atoms with Crippen LogP contribution in [0.3, 0.4) is 0 Å². The molecule has 156 valence electrons. The van der Waals surface area contributed by atoms with E-state index in [1.165, 1.54) is 12.1 Å². The van der Waals surface area contributed by atoms with E-state index in [0.29, 0.717) is 38.2 Å². The number of carbonyl (C=O) groups excluding carboxylic acids is 2. The summed E-state index contributed by atoms with van der Waals surface area (Å²) < 4.78 is 20.7. The van der Waals surface area contributed by atoms with Gasteiger partial charge in [-0.25, -0.2) is 4.39 Å². The number of primary amides is 1. The molecule has 1 aromatic heterocycles. The van der Waals surface area contributed by atoms with Crippen molar-refractivity contribution >= 4 is 11.8 Å². The fourth-order valence-corrected chi connectivity index (χ4v) is 3.85. The Bertz CT molecular complexity index is 810. The van der Waals surface area contributed by atoms with Crippen molar-refractivity contribution in [2.24, 2.45) is 11.1 Å². The van der Waals surface area contributed by atoms with E-state index in [1.54, 1.807) is 23.0 Å². The molecule has 2 N–H and O–H groups in total. The molecule has 0 unspecified atom stereocenters. The average Bonchev–Trinajstić information content (AvgIpc) is 3.21. The van der Waals surface area contributed by atoms with Crippen LogP contribution in [0.4, 0.5) is 4.39 Å². The number of nitrogens with two attached hydrogens (primary N) is 1. The van der Waals surface area contributed by atoms with Gasteiger partial charge in [-0.3, -0.25) is 14.3 Å². The van der Waals surface area contributed by atoms with Gasteiger partial charge in [-0.05, 0) is 49.6 Å². The number of nitrogens with zero attached hydrogens (tertiary/aromatic N) is 3. The smallest absolute Gasteiger partial charge is 0.222 e. The molecule has 2 heterocycles. The molecule has 1 saturated heterocycles. The summed E-state index contributed by atoms with van der Waals surface area (Å²) in [6.45, 7) is 2.03. The Morgan fingerprint density at radius 1 is 1.28 bits per heavy atom. The Labute approximate surface area is 169 Å². The number of aryl methyl sites for hydroxylation is 1. The van der Waals surface area contributed by atoms with Gasteiger partial charge in [0.05, 0.1) is 6.61 Å². The van der Waals surface area contributed by atoms with Crippen LogP contribution < -0.4 is 10.5 Å². The van der Waals surface area contributed by atoms with E-state index in [0.717, 1.165) is 12.8 Å². The lowest BCUT2D eigenvalue weighted by molar-refractivity contribution is -0.137. The average molecular weight is 402 g/mol. The molecule has 7 nitrogen and oxygen atoms in total. The van der Waals surface area contributed by atoms with Crippen LogP contribution >= 0.6 is 0 Å². The molecule has 3 rings (SSSR count). The number of benzene rings is 1.